The van der Waals surface area contributed by atoms with Crippen molar-refractivity contribution in [2.24, 2.45) is 0 Å². The van der Waals surface area contributed by atoms with E-state index in [1.807, 2.05) is 0 Å². The highest BCUT2D eigenvalue weighted by molar-refractivity contribution is 7.93. The highest BCUT2D eigenvalue weighted by Gasteiger charge is 2.28. The summed E-state index contributed by atoms with van der Waals surface area (Å²) >= 11 is 0. The summed E-state index contributed by atoms with van der Waals surface area (Å²) in [5.41, 5.74) is 1.53. The van der Waals surface area contributed by atoms with Crippen LogP contribution in [0.5, 0.6) is 0 Å². The van der Waals surface area contributed by atoms with Gasteiger partial charge in [0.25, 0.3) is 5.91 Å². The molecule has 0 atom stereocenters. The monoisotopic (exact) mass is 465 g/mol. The molecule has 5 rings (SSSR count). The molecule has 8 nitrogen and oxygen atoms in total. The number of nitrogens with zero attached hydrogens (tertiary/aromatic N) is 4. The Morgan fingerprint density at radius 1 is 1.00 bits per heavy atom. The fourth-order valence-corrected chi connectivity index (χ4v) is 5.43. The van der Waals surface area contributed by atoms with E-state index in [0.717, 1.165) is 0 Å². The van der Waals surface area contributed by atoms with Gasteiger partial charge in [-0.3, -0.25) is 9.10 Å². The van der Waals surface area contributed by atoms with E-state index in [4.69, 9.17) is 0 Å². The third-order valence-electron chi connectivity index (χ3n) is 5.43. The van der Waals surface area contributed by atoms with E-state index in [2.05, 4.69) is 10.4 Å². The van der Waals surface area contributed by atoms with Gasteiger partial charge in [-0.2, -0.15) is 5.10 Å². The number of carbonyl (C=O) groups is 1. The van der Waals surface area contributed by atoms with E-state index < -0.39 is 21.7 Å². The van der Waals surface area contributed by atoms with Crippen LogP contribution >= 0.6 is 0 Å². The maximum Gasteiger partial charge on any atom is 0.261 e. The van der Waals surface area contributed by atoms with E-state index in [9.17, 15) is 17.6 Å². The molecule has 0 unspecified atom stereocenters. The quantitative estimate of drug-likeness (QED) is 0.488. The van der Waals surface area contributed by atoms with Crippen LogP contribution in [0.1, 0.15) is 16.8 Å². The standard InChI is InChI=1S/C23H20FN5O3S/c24-20-6-1-2-7-21(20)29-23(27-12-3-4-13-27)19(16-25-29)22(30)26-17-8-10-18(11-9-17)28-14-5-15-33(28,31)32/h1-4,6-13,16H,5,14-15H2,(H,26,30). The third kappa shape index (κ3) is 3.89. The Morgan fingerprint density at radius 3 is 2.39 bits per heavy atom. The van der Waals surface area contributed by atoms with Gasteiger partial charge in [-0.1, -0.05) is 12.1 Å². The first-order valence-electron chi connectivity index (χ1n) is 10.3. The lowest BCUT2D eigenvalue weighted by Gasteiger charge is -2.17. The van der Waals surface area contributed by atoms with Crippen molar-refractivity contribution in [3.05, 3.63) is 90.6 Å². The Hall–Kier alpha value is -3.92. The number of para-hydroxylation sites is 1. The third-order valence-corrected chi connectivity index (χ3v) is 7.30. The predicted molar refractivity (Wildman–Crippen MR) is 123 cm³/mol. The van der Waals surface area contributed by atoms with Gasteiger partial charge < -0.3 is 9.88 Å². The maximum absolute atomic E-state index is 14.5. The number of halogens is 1. The number of carbonyl (C=O) groups excluding carboxylic acids is 1. The highest BCUT2D eigenvalue weighted by Crippen LogP contribution is 2.26. The molecule has 1 saturated heterocycles. The fourth-order valence-electron chi connectivity index (χ4n) is 3.87. The number of hydrogen-bond donors (Lipinski definition) is 1. The molecular formula is C23H20FN5O3S. The number of nitrogens with one attached hydrogen (secondary N) is 1. The molecule has 1 aliphatic rings. The first kappa shape index (κ1) is 21.0. The first-order chi connectivity index (χ1) is 15.9. The predicted octanol–water partition coefficient (Wildman–Crippen LogP) is 3.59. The van der Waals surface area contributed by atoms with Crippen LogP contribution in [0, 0.1) is 5.82 Å². The van der Waals surface area contributed by atoms with E-state index in [1.165, 1.54) is 21.3 Å². The molecule has 0 spiro atoms. The van der Waals surface area contributed by atoms with Crippen molar-refractivity contribution in [3.8, 4) is 11.5 Å². The smallest absolute Gasteiger partial charge is 0.261 e. The Bertz CT molecular complexity index is 1410. The molecule has 3 heterocycles. The molecule has 4 aromatic rings. The van der Waals surface area contributed by atoms with E-state index in [0.29, 0.717) is 30.2 Å². The van der Waals surface area contributed by atoms with Crippen LogP contribution in [-0.2, 0) is 10.0 Å². The molecule has 0 radical (unpaired) electrons. The number of aromatic nitrogens is 3. The molecular weight excluding hydrogens is 445 g/mol. The van der Waals surface area contributed by atoms with Crippen LogP contribution < -0.4 is 9.62 Å². The zero-order valence-corrected chi connectivity index (χ0v) is 18.2. The van der Waals surface area contributed by atoms with Crippen molar-refractivity contribution in [1.82, 2.24) is 14.3 Å². The largest absolute Gasteiger partial charge is 0.322 e. The maximum atomic E-state index is 14.5. The Kier molecular flexibility index (Phi) is 5.21. The average Bonchev–Trinajstić information content (AvgIpc) is 3.54. The van der Waals surface area contributed by atoms with Crippen molar-refractivity contribution in [1.29, 1.82) is 0 Å². The van der Waals surface area contributed by atoms with E-state index in [1.54, 1.807) is 71.6 Å². The second-order valence-electron chi connectivity index (χ2n) is 7.58. The van der Waals surface area contributed by atoms with Gasteiger partial charge >= 0.3 is 0 Å². The van der Waals surface area contributed by atoms with Crippen molar-refractivity contribution >= 4 is 27.3 Å². The zero-order chi connectivity index (χ0) is 23.0. The summed E-state index contributed by atoms with van der Waals surface area (Å²) in [6, 6.07) is 16.4. The normalized spacial score (nSPS) is 15.0. The van der Waals surface area contributed by atoms with Crippen molar-refractivity contribution in [2.45, 2.75) is 6.42 Å². The molecule has 0 bridgehead atoms. The van der Waals surface area contributed by atoms with Crippen molar-refractivity contribution < 1.29 is 17.6 Å². The van der Waals surface area contributed by atoms with Gasteiger partial charge in [-0.25, -0.2) is 17.5 Å². The molecule has 0 saturated carbocycles. The van der Waals surface area contributed by atoms with Gasteiger partial charge in [0.15, 0.2) is 5.82 Å². The molecule has 33 heavy (non-hydrogen) atoms. The summed E-state index contributed by atoms with van der Waals surface area (Å²) < 4.78 is 43.1. The summed E-state index contributed by atoms with van der Waals surface area (Å²) in [4.78, 5) is 13.1. The summed E-state index contributed by atoms with van der Waals surface area (Å²) in [5, 5.41) is 7.08. The van der Waals surface area contributed by atoms with Crippen molar-refractivity contribution in [2.75, 3.05) is 21.9 Å². The lowest BCUT2D eigenvalue weighted by Crippen LogP contribution is -2.25. The van der Waals surface area contributed by atoms with Gasteiger partial charge in [0.2, 0.25) is 10.0 Å². The van der Waals surface area contributed by atoms with Crippen LogP contribution in [0.4, 0.5) is 15.8 Å². The molecule has 1 aliphatic heterocycles. The minimum Gasteiger partial charge on any atom is -0.322 e. The Labute approximate surface area is 189 Å². The Balaban J connectivity index is 1.45. The lowest BCUT2D eigenvalue weighted by molar-refractivity contribution is 0.102. The molecule has 1 N–H and O–H groups in total. The average molecular weight is 466 g/mol. The fraction of sp³-hybridized carbons (Fsp3) is 0.130. The van der Waals surface area contributed by atoms with Crippen molar-refractivity contribution in [3.63, 3.8) is 0 Å². The molecule has 2 aromatic carbocycles. The number of rotatable bonds is 5. The number of sulfonamides is 1. The number of benzene rings is 2. The highest BCUT2D eigenvalue weighted by atomic mass is 32.2. The van der Waals surface area contributed by atoms with Crippen LogP contribution in [0.15, 0.2) is 79.3 Å². The second-order valence-corrected chi connectivity index (χ2v) is 9.59. The number of hydrogen-bond acceptors (Lipinski definition) is 4. The zero-order valence-electron chi connectivity index (χ0n) is 17.4. The summed E-state index contributed by atoms with van der Waals surface area (Å²) in [5.74, 6) is -0.363. The molecule has 1 amide bonds. The molecule has 168 valence electrons. The van der Waals surface area contributed by atoms with E-state index in [-0.39, 0.29) is 17.0 Å². The Morgan fingerprint density at radius 2 is 1.73 bits per heavy atom. The summed E-state index contributed by atoms with van der Waals surface area (Å²) in [6.45, 7) is 0.448. The van der Waals surface area contributed by atoms with Gasteiger partial charge in [-0.05, 0) is 55.0 Å². The van der Waals surface area contributed by atoms with Crippen LogP contribution in [-0.4, -0.2) is 41.0 Å². The van der Waals surface area contributed by atoms with Crippen LogP contribution in [0.25, 0.3) is 11.5 Å². The minimum absolute atomic E-state index is 0.139. The van der Waals surface area contributed by atoms with Gasteiger partial charge in [0.05, 0.1) is 17.6 Å². The topological polar surface area (TPSA) is 89.2 Å². The van der Waals surface area contributed by atoms with Gasteiger partial charge in [-0.15, -0.1) is 0 Å². The molecule has 1 fully saturated rings. The molecule has 0 aliphatic carbocycles. The first-order valence-corrected chi connectivity index (χ1v) is 11.9. The summed E-state index contributed by atoms with van der Waals surface area (Å²) in [7, 11) is -3.28. The van der Waals surface area contributed by atoms with Crippen LogP contribution in [0.2, 0.25) is 0 Å². The lowest BCUT2D eigenvalue weighted by atomic mass is 10.2. The number of anilines is 2. The SMILES string of the molecule is O=C(Nc1ccc(N2CCCS2(=O)=O)cc1)c1cnn(-c2ccccc2F)c1-n1cccc1. The molecule has 2 aromatic heterocycles. The summed E-state index contributed by atoms with van der Waals surface area (Å²) in [6.07, 6.45) is 5.48. The molecule has 10 heteroatoms. The van der Waals surface area contributed by atoms with E-state index >= 15 is 0 Å². The minimum atomic E-state index is -3.28. The number of amides is 1. The van der Waals surface area contributed by atoms with Gasteiger partial charge in [0.1, 0.15) is 17.1 Å². The second kappa shape index (κ2) is 8.21. The van der Waals surface area contributed by atoms with Crippen LogP contribution in [0.3, 0.4) is 0 Å². The van der Waals surface area contributed by atoms with Gasteiger partial charge in [0, 0.05) is 24.6 Å².